The molecule has 0 aromatic carbocycles. The number of carbonyl (C=O) groups excluding carboxylic acids is 1. The zero-order valence-corrected chi connectivity index (χ0v) is 8.55. The van der Waals surface area contributed by atoms with Crippen molar-refractivity contribution in [2.75, 3.05) is 0 Å². The monoisotopic (exact) mass is 225 g/mol. The summed E-state index contributed by atoms with van der Waals surface area (Å²) in [5.41, 5.74) is 0. The maximum atomic E-state index is 11.7. The Kier molecular flexibility index (Phi) is 2.20. The average Bonchev–Trinajstić information content (AvgIpc) is 2.71. The lowest BCUT2D eigenvalue weighted by atomic mass is 10.3. The minimum Gasteiger partial charge on any atom is -0.493 e. The fraction of sp³-hybridized carbons (Fsp3) is 0.111. The van der Waals surface area contributed by atoms with Gasteiger partial charge in [0.2, 0.25) is 11.7 Å². The summed E-state index contributed by atoms with van der Waals surface area (Å²) in [6.45, 7) is 1.70. The third-order valence-corrected chi connectivity index (χ3v) is 2.67. The topological polar surface area (TPSA) is 83.3 Å². The lowest BCUT2D eigenvalue weighted by Crippen LogP contribution is -1.96. The molecule has 0 spiro atoms. The van der Waals surface area contributed by atoms with E-state index in [0.717, 1.165) is 0 Å². The van der Waals surface area contributed by atoms with Gasteiger partial charge in [-0.05, 0) is 19.1 Å². The van der Waals surface area contributed by atoms with Crippen LogP contribution in [0.15, 0.2) is 21.3 Å². The molecular formula is C9H7NO4S. The highest BCUT2D eigenvalue weighted by Gasteiger charge is 2.20. The van der Waals surface area contributed by atoms with Gasteiger partial charge in [-0.2, -0.15) is 0 Å². The number of aromatic nitrogens is 1. The number of aryl methyl sites for hydroxylation is 1. The molecule has 2 rings (SSSR count). The number of nitrogens with one attached hydrogen (secondary N) is 1. The van der Waals surface area contributed by atoms with Crippen LogP contribution in [0.5, 0.6) is 5.88 Å². The lowest BCUT2D eigenvalue weighted by Gasteiger charge is -1.92. The second-order valence-corrected chi connectivity index (χ2v) is 3.91. The Balaban J connectivity index is 2.44. The van der Waals surface area contributed by atoms with Gasteiger partial charge in [0, 0.05) is 0 Å². The number of aromatic amines is 1. The van der Waals surface area contributed by atoms with E-state index in [-0.39, 0.29) is 10.6 Å². The first-order valence-electron chi connectivity index (χ1n) is 4.11. The third kappa shape index (κ3) is 1.71. The van der Waals surface area contributed by atoms with Crippen LogP contribution >= 0.6 is 11.3 Å². The molecule has 0 amide bonds. The van der Waals surface area contributed by atoms with Crippen LogP contribution in [-0.2, 0) is 0 Å². The second kappa shape index (κ2) is 3.39. The summed E-state index contributed by atoms with van der Waals surface area (Å²) >= 11 is 0.656. The molecule has 0 atom stereocenters. The number of hydrogen-bond acceptors (Lipinski definition) is 5. The molecule has 2 N–H and O–H groups in total. The van der Waals surface area contributed by atoms with Crippen LogP contribution in [-0.4, -0.2) is 15.9 Å². The van der Waals surface area contributed by atoms with Crippen molar-refractivity contribution < 1.29 is 14.3 Å². The van der Waals surface area contributed by atoms with Gasteiger partial charge >= 0.3 is 4.87 Å². The van der Waals surface area contributed by atoms with Crippen LogP contribution < -0.4 is 4.87 Å². The van der Waals surface area contributed by atoms with Crippen molar-refractivity contribution in [3.05, 3.63) is 38.2 Å². The third-order valence-electron chi connectivity index (χ3n) is 1.80. The van der Waals surface area contributed by atoms with E-state index in [0.29, 0.717) is 17.1 Å². The molecule has 0 aliphatic heterocycles. The van der Waals surface area contributed by atoms with Crippen LogP contribution in [0.25, 0.3) is 0 Å². The number of rotatable bonds is 2. The molecule has 15 heavy (non-hydrogen) atoms. The van der Waals surface area contributed by atoms with Crippen molar-refractivity contribution >= 4 is 17.1 Å². The Morgan fingerprint density at radius 3 is 2.73 bits per heavy atom. The zero-order chi connectivity index (χ0) is 11.0. The van der Waals surface area contributed by atoms with E-state index in [1.165, 1.54) is 6.07 Å². The predicted octanol–water partition coefficient (Wildman–Crippen LogP) is 1.27. The van der Waals surface area contributed by atoms with Crippen molar-refractivity contribution in [3.63, 3.8) is 0 Å². The van der Waals surface area contributed by atoms with Gasteiger partial charge in [0.05, 0.1) is 0 Å². The molecule has 0 radical (unpaired) electrons. The van der Waals surface area contributed by atoms with Gasteiger partial charge in [-0.3, -0.25) is 14.6 Å². The fourth-order valence-corrected chi connectivity index (χ4v) is 1.82. The van der Waals surface area contributed by atoms with Crippen molar-refractivity contribution in [1.29, 1.82) is 0 Å². The first-order chi connectivity index (χ1) is 7.08. The summed E-state index contributed by atoms with van der Waals surface area (Å²) in [5, 5.41) is 9.26. The Labute approximate surface area is 88.0 Å². The van der Waals surface area contributed by atoms with E-state index in [1.807, 2.05) is 0 Å². The fourth-order valence-electron chi connectivity index (χ4n) is 1.14. The summed E-state index contributed by atoms with van der Waals surface area (Å²) in [6, 6.07) is 3.14. The van der Waals surface area contributed by atoms with E-state index in [2.05, 4.69) is 4.98 Å². The summed E-state index contributed by atoms with van der Waals surface area (Å²) in [4.78, 5) is 24.2. The average molecular weight is 225 g/mol. The quantitative estimate of drug-likeness (QED) is 0.754. The molecule has 6 heteroatoms. The highest BCUT2D eigenvalue weighted by molar-refractivity contribution is 7.11. The zero-order valence-electron chi connectivity index (χ0n) is 7.73. The molecule has 2 heterocycles. The normalized spacial score (nSPS) is 10.5. The van der Waals surface area contributed by atoms with Crippen LogP contribution in [0.1, 0.15) is 21.2 Å². The van der Waals surface area contributed by atoms with Gasteiger partial charge < -0.3 is 9.52 Å². The largest absolute Gasteiger partial charge is 0.493 e. The summed E-state index contributed by atoms with van der Waals surface area (Å²) in [6.07, 6.45) is 0. The number of ketones is 1. The highest BCUT2D eigenvalue weighted by Crippen LogP contribution is 2.21. The first-order valence-corrected chi connectivity index (χ1v) is 4.93. The van der Waals surface area contributed by atoms with Crippen molar-refractivity contribution in [2.24, 2.45) is 0 Å². The number of aromatic hydroxyl groups is 1. The minimum atomic E-state index is -0.496. The maximum Gasteiger partial charge on any atom is 0.308 e. The minimum absolute atomic E-state index is 0.0330. The molecule has 0 aliphatic carbocycles. The number of furan rings is 1. The number of H-pyrrole nitrogens is 1. The van der Waals surface area contributed by atoms with Gasteiger partial charge in [0.25, 0.3) is 0 Å². The Bertz CT molecular complexity index is 563. The Morgan fingerprint density at radius 2 is 2.27 bits per heavy atom. The van der Waals surface area contributed by atoms with E-state index in [4.69, 9.17) is 4.42 Å². The van der Waals surface area contributed by atoms with Crippen molar-refractivity contribution in [3.8, 4) is 5.88 Å². The molecule has 5 nitrogen and oxygen atoms in total. The first kappa shape index (κ1) is 9.72. The lowest BCUT2D eigenvalue weighted by molar-refractivity contribution is 0.101. The van der Waals surface area contributed by atoms with E-state index in [9.17, 15) is 14.7 Å². The van der Waals surface area contributed by atoms with Gasteiger partial charge in [-0.15, -0.1) is 0 Å². The van der Waals surface area contributed by atoms with Crippen LogP contribution in [0.4, 0.5) is 0 Å². The van der Waals surface area contributed by atoms with E-state index < -0.39 is 16.5 Å². The summed E-state index contributed by atoms with van der Waals surface area (Å²) < 4.78 is 5.09. The maximum absolute atomic E-state index is 11.7. The molecule has 2 aromatic heterocycles. The smallest absolute Gasteiger partial charge is 0.308 e. The molecule has 0 aliphatic rings. The van der Waals surface area contributed by atoms with Gasteiger partial charge in [0.15, 0.2) is 5.76 Å². The van der Waals surface area contributed by atoms with Crippen LogP contribution in [0.2, 0.25) is 0 Å². The van der Waals surface area contributed by atoms with E-state index >= 15 is 0 Å². The number of carbonyl (C=O) groups is 1. The Hall–Kier alpha value is -1.82. The number of thiazole rings is 1. The molecule has 0 bridgehead atoms. The van der Waals surface area contributed by atoms with Gasteiger partial charge in [0.1, 0.15) is 10.6 Å². The van der Waals surface area contributed by atoms with Gasteiger partial charge in [-0.1, -0.05) is 11.3 Å². The van der Waals surface area contributed by atoms with E-state index in [1.54, 1.807) is 13.0 Å². The molecule has 0 unspecified atom stereocenters. The second-order valence-electron chi connectivity index (χ2n) is 2.93. The van der Waals surface area contributed by atoms with Crippen molar-refractivity contribution in [2.45, 2.75) is 6.92 Å². The molecule has 0 fully saturated rings. The number of hydrogen-bond donors (Lipinski definition) is 2. The van der Waals surface area contributed by atoms with Crippen molar-refractivity contribution in [1.82, 2.24) is 4.98 Å². The van der Waals surface area contributed by atoms with Crippen LogP contribution in [0.3, 0.4) is 0 Å². The molecular weight excluding hydrogens is 218 g/mol. The highest BCUT2D eigenvalue weighted by atomic mass is 32.1. The standard InChI is InChI=1S/C9H7NO4S/c1-4-2-3-5(14-4)6(11)7-8(12)10-9(13)15-7/h2-3,12H,1H3,(H,10,13). The predicted molar refractivity (Wildman–Crippen MR) is 53.5 cm³/mol. The molecule has 0 saturated carbocycles. The SMILES string of the molecule is Cc1ccc(C(=O)c2sc(=O)[nH]c2O)o1. The summed E-state index contributed by atoms with van der Waals surface area (Å²) in [7, 11) is 0. The molecule has 78 valence electrons. The summed E-state index contributed by atoms with van der Waals surface area (Å²) in [5.74, 6) is -0.202. The molecule has 2 aromatic rings. The van der Waals surface area contributed by atoms with Crippen LogP contribution in [0, 0.1) is 6.92 Å². The Morgan fingerprint density at radius 1 is 1.53 bits per heavy atom. The van der Waals surface area contributed by atoms with Gasteiger partial charge in [-0.25, -0.2) is 0 Å². The molecule has 0 saturated heterocycles.